The second-order valence-electron chi connectivity index (χ2n) is 4.95. The molecule has 2 rings (SSSR count). The lowest BCUT2D eigenvalue weighted by atomic mass is 10.1. The fourth-order valence-corrected chi connectivity index (χ4v) is 2.47. The van der Waals surface area contributed by atoms with Crippen molar-refractivity contribution in [2.24, 2.45) is 0 Å². The number of piperidine rings is 1. The van der Waals surface area contributed by atoms with Gasteiger partial charge in [0.2, 0.25) is 0 Å². The molecule has 0 atom stereocenters. The van der Waals surface area contributed by atoms with E-state index >= 15 is 0 Å². The number of carbonyl (C=O) groups is 1. The van der Waals surface area contributed by atoms with Crippen LogP contribution in [0.1, 0.15) is 24.8 Å². The molecule has 0 spiro atoms. The number of anilines is 1. The second kappa shape index (κ2) is 6.80. The highest BCUT2D eigenvalue weighted by atomic mass is 16.5. The summed E-state index contributed by atoms with van der Waals surface area (Å²) in [5.74, 6) is -0.660. The summed E-state index contributed by atoms with van der Waals surface area (Å²) >= 11 is 0. The van der Waals surface area contributed by atoms with Crippen LogP contribution in [0.25, 0.3) is 6.08 Å². The molecule has 0 saturated carbocycles. The van der Waals surface area contributed by atoms with E-state index in [1.54, 1.807) is 19.2 Å². The highest BCUT2D eigenvalue weighted by molar-refractivity contribution is 5.97. The zero-order valence-electron chi connectivity index (χ0n) is 12.0. The topological polar surface area (TPSA) is 73.6 Å². The van der Waals surface area contributed by atoms with E-state index in [1.807, 2.05) is 12.1 Å². The normalized spacial score (nSPS) is 15.4. The van der Waals surface area contributed by atoms with Crippen LogP contribution in [0.2, 0.25) is 0 Å². The van der Waals surface area contributed by atoms with Gasteiger partial charge in [0.15, 0.2) is 0 Å². The zero-order valence-corrected chi connectivity index (χ0v) is 12.0. The minimum absolute atomic E-state index is 0.306. The Bertz CT molecular complexity index is 596. The molecule has 0 amide bonds. The van der Waals surface area contributed by atoms with Crippen LogP contribution >= 0.6 is 0 Å². The van der Waals surface area contributed by atoms with Gasteiger partial charge in [0.25, 0.3) is 0 Å². The molecule has 5 nitrogen and oxygen atoms in total. The van der Waals surface area contributed by atoms with Crippen molar-refractivity contribution in [2.45, 2.75) is 19.3 Å². The number of carboxylic acids is 1. The second-order valence-corrected chi connectivity index (χ2v) is 4.95. The standard InChI is InChI=1S/C16H18N2O3/c1-21-15-10-14(18-7-3-2-4-8-18)6-5-12(15)9-13(11-17)16(19)20/h5-6,9-10H,2-4,7-8H2,1H3,(H,19,20)/b13-9-. The number of carboxylic acid groups (broad SMARTS) is 1. The molecule has 0 bridgehead atoms. The maximum absolute atomic E-state index is 10.9. The van der Waals surface area contributed by atoms with Gasteiger partial charge in [-0.1, -0.05) is 0 Å². The molecule has 1 heterocycles. The summed E-state index contributed by atoms with van der Waals surface area (Å²) in [7, 11) is 1.54. The molecular formula is C16H18N2O3. The van der Waals surface area contributed by atoms with Gasteiger partial charge in [0, 0.05) is 30.4 Å². The van der Waals surface area contributed by atoms with Crippen molar-refractivity contribution in [3.63, 3.8) is 0 Å². The predicted octanol–water partition coefficient (Wildman–Crippen LogP) is 2.68. The molecule has 5 heteroatoms. The van der Waals surface area contributed by atoms with E-state index in [-0.39, 0.29) is 5.57 Å². The highest BCUT2D eigenvalue weighted by Crippen LogP contribution is 2.29. The first kappa shape index (κ1) is 14.9. The van der Waals surface area contributed by atoms with Crippen LogP contribution in [0.15, 0.2) is 23.8 Å². The van der Waals surface area contributed by atoms with Crippen LogP contribution in [0.4, 0.5) is 5.69 Å². The van der Waals surface area contributed by atoms with Crippen molar-refractivity contribution < 1.29 is 14.6 Å². The molecule has 0 aromatic heterocycles. The van der Waals surface area contributed by atoms with Gasteiger partial charge in [0.1, 0.15) is 17.4 Å². The number of rotatable bonds is 4. The number of nitrogens with zero attached hydrogens (tertiary/aromatic N) is 2. The Kier molecular flexibility index (Phi) is 4.83. The third kappa shape index (κ3) is 3.54. The number of hydrogen-bond acceptors (Lipinski definition) is 4. The lowest BCUT2D eigenvalue weighted by Gasteiger charge is -2.29. The lowest BCUT2D eigenvalue weighted by molar-refractivity contribution is -0.132. The van der Waals surface area contributed by atoms with E-state index < -0.39 is 5.97 Å². The van der Waals surface area contributed by atoms with E-state index in [9.17, 15) is 4.79 Å². The Morgan fingerprint density at radius 1 is 1.38 bits per heavy atom. The Balaban J connectivity index is 2.32. The summed E-state index contributed by atoms with van der Waals surface area (Å²) in [5.41, 5.74) is 1.36. The van der Waals surface area contributed by atoms with E-state index in [2.05, 4.69) is 4.90 Å². The Labute approximate surface area is 124 Å². The summed E-state index contributed by atoms with van der Waals surface area (Å²) < 4.78 is 5.33. The summed E-state index contributed by atoms with van der Waals surface area (Å²) in [6, 6.07) is 7.31. The van der Waals surface area contributed by atoms with Crippen LogP contribution in [-0.2, 0) is 4.79 Å². The maximum Gasteiger partial charge on any atom is 0.346 e. The summed E-state index contributed by atoms with van der Waals surface area (Å²) in [4.78, 5) is 13.2. The molecule has 1 N–H and O–H groups in total. The van der Waals surface area contributed by atoms with Crippen LogP contribution in [0.5, 0.6) is 5.75 Å². The third-order valence-corrected chi connectivity index (χ3v) is 3.59. The van der Waals surface area contributed by atoms with Crippen molar-refractivity contribution in [3.8, 4) is 11.8 Å². The molecule has 1 aliphatic heterocycles. The van der Waals surface area contributed by atoms with E-state index in [4.69, 9.17) is 15.1 Å². The quantitative estimate of drug-likeness (QED) is 0.680. The molecule has 1 saturated heterocycles. The van der Waals surface area contributed by atoms with Crippen molar-refractivity contribution >= 4 is 17.7 Å². The first-order chi connectivity index (χ1) is 10.2. The van der Waals surface area contributed by atoms with Gasteiger partial charge in [-0.25, -0.2) is 4.79 Å². The Morgan fingerprint density at radius 2 is 2.10 bits per heavy atom. The summed E-state index contributed by atoms with van der Waals surface area (Å²) in [5, 5.41) is 17.7. The molecule has 110 valence electrons. The molecule has 21 heavy (non-hydrogen) atoms. The summed E-state index contributed by atoms with van der Waals surface area (Å²) in [6.45, 7) is 2.05. The molecule has 0 radical (unpaired) electrons. The minimum Gasteiger partial charge on any atom is -0.496 e. The molecule has 1 aliphatic rings. The van der Waals surface area contributed by atoms with Gasteiger partial charge in [0.05, 0.1) is 7.11 Å². The van der Waals surface area contributed by atoms with Crippen molar-refractivity contribution in [3.05, 3.63) is 29.3 Å². The van der Waals surface area contributed by atoms with Gasteiger partial charge in [-0.3, -0.25) is 0 Å². The SMILES string of the molecule is COc1cc(N2CCCCC2)ccc1/C=C(/C#N)C(=O)O. The van der Waals surface area contributed by atoms with E-state index in [1.165, 1.54) is 25.3 Å². The lowest BCUT2D eigenvalue weighted by Crippen LogP contribution is -2.29. The monoisotopic (exact) mass is 286 g/mol. The average Bonchev–Trinajstić information content (AvgIpc) is 2.53. The van der Waals surface area contributed by atoms with Crippen LogP contribution in [-0.4, -0.2) is 31.3 Å². The fraction of sp³-hybridized carbons (Fsp3) is 0.375. The minimum atomic E-state index is -1.24. The maximum atomic E-state index is 10.9. The zero-order chi connectivity index (χ0) is 15.2. The van der Waals surface area contributed by atoms with E-state index in [0.29, 0.717) is 11.3 Å². The molecule has 1 aromatic rings. The van der Waals surface area contributed by atoms with Gasteiger partial charge in [-0.2, -0.15) is 5.26 Å². The number of aliphatic carboxylic acids is 1. The Morgan fingerprint density at radius 3 is 2.67 bits per heavy atom. The Hall–Kier alpha value is -2.48. The van der Waals surface area contributed by atoms with Crippen LogP contribution < -0.4 is 9.64 Å². The molecular weight excluding hydrogens is 268 g/mol. The molecule has 1 fully saturated rings. The number of hydrogen-bond donors (Lipinski definition) is 1. The van der Waals surface area contributed by atoms with E-state index in [0.717, 1.165) is 18.8 Å². The van der Waals surface area contributed by atoms with Gasteiger partial charge in [-0.05, 0) is 37.5 Å². The number of ether oxygens (including phenoxy) is 1. The molecule has 0 aliphatic carbocycles. The van der Waals surface area contributed by atoms with Gasteiger partial charge >= 0.3 is 5.97 Å². The number of methoxy groups -OCH3 is 1. The third-order valence-electron chi connectivity index (χ3n) is 3.59. The fourth-order valence-electron chi connectivity index (χ4n) is 2.47. The number of benzene rings is 1. The predicted molar refractivity (Wildman–Crippen MR) is 80.3 cm³/mol. The van der Waals surface area contributed by atoms with Gasteiger partial charge in [-0.15, -0.1) is 0 Å². The highest BCUT2D eigenvalue weighted by Gasteiger charge is 2.14. The van der Waals surface area contributed by atoms with Gasteiger partial charge < -0.3 is 14.7 Å². The average molecular weight is 286 g/mol. The molecule has 1 aromatic carbocycles. The van der Waals surface area contributed by atoms with Crippen molar-refractivity contribution in [2.75, 3.05) is 25.1 Å². The van der Waals surface area contributed by atoms with Crippen molar-refractivity contribution in [1.29, 1.82) is 5.26 Å². The number of nitriles is 1. The first-order valence-electron chi connectivity index (χ1n) is 6.94. The summed E-state index contributed by atoms with van der Waals surface area (Å²) in [6.07, 6.45) is 4.96. The first-order valence-corrected chi connectivity index (χ1v) is 6.94. The van der Waals surface area contributed by atoms with Crippen LogP contribution in [0.3, 0.4) is 0 Å². The largest absolute Gasteiger partial charge is 0.496 e. The molecule has 0 unspecified atom stereocenters. The van der Waals surface area contributed by atoms with Crippen molar-refractivity contribution in [1.82, 2.24) is 0 Å². The van der Waals surface area contributed by atoms with Crippen LogP contribution in [0, 0.1) is 11.3 Å². The smallest absolute Gasteiger partial charge is 0.346 e.